The Morgan fingerprint density at radius 3 is 1.74 bits per heavy atom. The molecule has 8 heteroatoms. The van der Waals surface area contributed by atoms with Gasteiger partial charge in [0.05, 0.1) is 19.2 Å². The Kier molecular flexibility index (Phi) is 9.47. The fourth-order valence-electron chi connectivity index (χ4n) is 3.77. The number of esters is 1. The van der Waals surface area contributed by atoms with Crippen molar-refractivity contribution >= 4 is 11.9 Å². The smallest absolute Gasteiger partial charge is 0.320 e. The Morgan fingerprint density at radius 1 is 0.778 bits per heavy atom. The first-order chi connectivity index (χ1) is 12.9. The molecular formula is C19H36N4O4. The molecule has 0 radical (unpaired) electrons. The number of hydrogen-bond donors (Lipinski definition) is 1. The fraction of sp³-hybridized carbons (Fsp3) is 0.895. The minimum absolute atomic E-state index is 0.0724. The number of hydrogen-bond acceptors (Lipinski definition) is 7. The quantitative estimate of drug-likeness (QED) is 0.666. The lowest BCUT2D eigenvalue weighted by atomic mass is 10.2. The standard InChI is InChI=1S/C19H36N4O4/c1-17(2)27-19(26)16-23-8-4-6-20-9-10-21(12-14-23)5-3-7-22(13-11-20)15-18(24)25/h17H,3-16H2,1-2H3,(H,24,25). The first-order valence-corrected chi connectivity index (χ1v) is 10.2. The molecule has 8 nitrogen and oxygen atoms in total. The summed E-state index contributed by atoms with van der Waals surface area (Å²) in [5.41, 5.74) is 0. The maximum Gasteiger partial charge on any atom is 0.320 e. The summed E-state index contributed by atoms with van der Waals surface area (Å²) in [6.45, 7) is 13.5. The van der Waals surface area contributed by atoms with Crippen LogP contribution in [0.5, 0.6) is 0 Å². The van der Waals surface area contributed by atoms with Crippen molar-refractivity contribution in [3.05, 3.63) is 0 Å². The monoisotopic (exact) mass is 384 g/mol. The Labute approximate surface area is 163 Å². The second kappa shape index (κ2) is 11.6. The van der Waals surface area contributed by atoms with E-state index in [1.165, 1.54) is 0 Å². The third kappa shape index (κ3) is 9.01. The van der Waals surface area contributed by atoms with Crippen molar-refractivity contribution in [1.29, 1.82) is 0 Å². The normalized spacial score (nSPS) is 26.6. The van der Waals surface area contributed by atoms with E-state index in [4.69, 9.17) is 9.84 Å². The molecule has 2 unspecified atom stereocenters. The van der Waals surface area contributed by atoms with E-state index in [-0.39, 0.29) is 18.6 Å². The molecule has 2 rings (SSSR count). The van der Waals surface area contributed by atoms with Crippen LogP contribution in [0, 0.1) is 0 Å². The van der Waals surface area contributed by atoms with Crippen molar-refractivity contribution in [2.75, 3.05) is 78.5 Å². The molecule has 0 aliphatic carbocycles. The molecule has 1 N–H and O–H groups in total. The molecular weight excluding hydrogens is 348 g/mol. The predicted octanol–water partition coefficient (Wildman–Crippen LogP) is 0.0380. The number of nitrogens with zero attached hydrogens (tertiary/aromatic N) is 4. The second-order valence-electron chi connectivity index (χ2n) is 7.88. The molecule has 27 heavy (non-hydrogen) atoms. The summed E-state index contributed by atoms with van der Waals surface area (Å²) in [6.07, 6.45) is 1.91. The highest BCUT2D eigenvalue weighted by Gasteiger charge is 2.20. The number of carboxylic acids is 1. The summed E-state index contributed by atoms with van der Waals surface area (Å²) >= 11 is 0. The van der Waals surface area contributed by atoms with Gasteiger partial charge in [-0.3, -0.25) is 19.4 Å². The van der Waals surface area contributed by atoms with Gasteiger partial charge in [-0.05, 0) is 39.8 Å². The first kappa shape index (κ1) is 22.1. The van der Waals surface area contributed by atoms with E-state index in [9.17, 15) is 9.59 Å². The molecule has 2 fully saturated rings. The highest BCUT2D eigenvalue weighted by Crippen LogP contribution is 2.06. The minimum atomic E-state index is -0.750. The summed E-state index contributed by atoms with van der Waals surface area (Å²) in [6, 6.07) is 0. The molecule has 2 aliphatic rings. The van der Waals surface area contributed by atoms with E-state index in [0.717, 1.165) is 78.3 Å². The Balaban J connectivity index is 1.93. The summed E-state index contributed by atoms with van der Waals surface area (Å²) in [7, 11) is 0. The van der Waals surface area contributed by atoms with Gasteiger partial charge in [0.25, 0.3) is 0 Å². The van der Waals surface area contributed by atoms with Gasteiger partial charge in [-0.1, -0.05) is 0 Å². The molecule has 0 aromatic carbocycles. The van der Waals surface area contributed by atoms with E-state index < -0.39 is 5.97 Å². The molecule has 0 saturated carbocycles. The zero-order chi connectivity index (χ0) is 19.6. The summed E-state index contributed by atoms with van der Waals surface area (Å²) < 4.78 is 5.31. The number of ether oxygens (including phenoxy) is 1. The maximum absolute atomic E-state index is 12.0. The van der Waals surface area contributed by atoms with Gasteiger partial charge in [-0.2, -0.15) is 0 Å². The van der Waals surface area contributed by atoms with Crippen LogP contribution in [0.1, 0.15) is 26.7 Å². The summed E-state index contributed by atoms with van der Waals surface area (Å²) in [4.78, 5) is 32.3. The molecule has 2 heterocycles. The number of fused-ring (bicyclic) bond motifs is 3. The lowest BCUT2D eigenvalue weighted by molar-refractivity contribution is -0.148. The predicted molar refractivity (Wildman–Crippen MR) is 104 cm³/mol. The Hall–Kier alpha value is -1.22. The van der Waals surface area contributed by atoms with E-state index in [0.29, 0.717) is 6.54 Å². The molecule has 0 spiro atoms. The van der Waals surface area contributed by atoms with Crippen molar-refractivity contribution in [2.24, 2.45) is 0 Å². The molecule has 0 aromatic heterocycles. The van der Waals surface area contributed by atoms with E-state index in [1.807, 2.05) is 13.8 Å². The molecule has 156 valence electrons. The largest absolute Gasteiger partial charge is 0.480 e. The maximum atomic E-state index is 12.0. The van der Waals surface area contributed by atoms with Gasteiger partial charge in [0.15, 0.2) is 0 Å². The van der Waals surface area contributed by atoms with Crippen LogP contribution < -0.4 is 0 Å². The number of carboxylic acid groups (broad SMARTS) is 1. The number of carbonyl (C=O) groups excluding carboxylic acids is 1. The molecule has 0 amide bonds. The Morgan fingerprint density at radius 2 is 1.26 bits per heavy atom. The van der Waals surface area contributed by atoms with Crippen LogP contribution in [0.2, 0.25) is 0 Å². The van der Waals surface area contributed by atoms with Gasteiger partial charge in [0.2, 0.25) is 0 Å². The van der Waals surface area contributed by atoms with Gasteiger partial charge in [-0.15, -0.1) is 0 Å². The third-order valence-electron chi connectivity index (χ3n) is 5.17. The SMILES string of the molecule is CC(C)OC(=O)CN1CCCN2CCN(CCCN(CC(=O)O)CC2)CC1. The fourth-order valence-corrected chi connectivity index (χ4v) is 3.77. The summed E-state index contributed by atoms with van der Waals surface area (Å²) in [5, 5.41) is 9.12. The van der Waals surface area contributed by atoms with Crippen LogP contribution in [0.15, 0.2) is 0 Å². The lowest BCUT2D eigenvalue weighted by Gasteiger charge is -2.35. The molecule has 2 aliphatic heterocycles. The van der Waals surface area contributed by atoms with Gasteiger partial charge in [0.1, 0.15) is 0 Å². The van der Waals surface area contributed by atoms with Gasteiger partial charge < -0.3 is 19.6 Å². The van der Waals surface area contributed by atoms with Crippen molar-refractivity contribution in [2.45, 2.75) is 32.8 Å². The molecule has 2 bridgehead atoms. The van der Waals surface area contributed by atoms with Gasteiger partial charge in [0, 0.05) is 52.4 Å². The number of aliphatic carboxylic acids is 1. The molecule has 2 saturated heterocycles. The van der Waals surface area contributed by atoms with E-state index in [2.05, 4.69) is 19.6 Å². The molecule has 2 atom stereocenters. The van der Waals surface area contributed by atoms with Crippen LogP contribution in [0.4, 0.5) is 0 Å². The van der Waals surface area contributed by atoms with E-state index >= 15 is 0 Å². The number of rotatable bonds is 5. The average Bonchev–Trinajstić information content (AvgIpc) is 2.58. The van der Waals surface area contributed by atoms with Gasteiger partial charge >= 0.3 is 11.9 Å². The van der Waals surface area contributed by atoms with Crippen LogP contribution in [0.25, 0.3) is 0 Å². The van der Waals surface area contributed by atoms with Crippen LogP contribution in [0.3, 0.4) is 0 Å². The van der Waals surface area contributed by atoms with Crippen LogP contribution in [-0.2, 0) is 14.3 Å². The van der Waals surface area contributed by atoms with Crippen LogP contribution >= 0.6 is 0 Å². The average molecular weight is 385 g/mol. The highest BCUT2D eigenvalue weighted by molar-refractivity contribution is 5.71. The van der Waals surface area contributed by atoms with Crippen molar-refractivity contribution in [3.63, 3.8) is 0 Å². The third-order valence-corrected chi connectivity index (χ3v) is 5.17. The van der Waals surface area contributed by atoms with Crippen molar-refractivity contribution < 1.29 is 19.4 Å². The topological polar surface area (TPSA) is 76.6 Å². The first-order valence-electron chi connectivity index (χ1n) is 10.2. The van der Waals surface area contributed by atoms with Gasteiger partial charge in [-0.25, -0.2) is 0 Å². The van der Waals surface area contributed by atoms with Crippen molar-refractivity contribution in [1.82, 2.24) is 19.6 Å². The molecule has 0 aromatic rings. The lowest BCUT2D eigenvalue weighted by Crippen LogP contribution is -2.48. The minimum Gasteiger partial charge on any atom is -0.480 e. The highest BCUT2D eigenvalue weighted by atomic mass is 16.5. The zero-order valence-corrected chi connectivity index (χ0v) is 16.9. The zero-order valence-electron chi connectivity index (χ0n) is 16.9. The van der Waals surface area contributed by atoms with Crippen LogP contribution in [-0.4, -0.2) is 121 Å². The second-order valence-corrected chi connectivity index (χ2v) is 7.88. The van der Waals surface area contributed by atoms with E-state index in [1.54, 1.807) is 0 Å². The number of carbonyl (C=O) groups is 2. The van der Waals surface area contributed by atoms with Crippen molar-refractivity contribution in [3.8, 4) is 0 Å². The summed E-state index contributed by atoms with van der Waals surface area (Å²) in [5.74, 6) is -0.892. The Bertz CT molecular complexity index is 475.